The van der Waals surface area contributed by atoms with Crippen LogP contribution in [0, 0.1) is 0 Å². The molecule has 4 fully saturated rings. The third-order valence-electron chi connectivity index (χ3n) is 10.9. The lowest BCUT2D eigenvalue weighted by Gasteiger charge is -2.56. The van der Waals surface area contributed by atoms with Crippen molar-refractivity contribution in [3.63, 3.8) is 0 Å². The van der Waals surface area contributed by atoms with Crippen molar-refractivity contribution < 1.29 is 48.0 Å². The molecule has 1 amide bonds. The monoisotopic (exact) mass is 718 g/mol. The average molecular weight is 720 g/mol. The molecule has 4 saturated heterocycles. The summed E-state index contributed by atoms with van der Waals surface area (Å²) in [6.45, 7) is 3.71. The Morgan fingerprint density at radius 1 is 0.745 bits per heavy atom. The van der Waals surface area contributed by atoms with Gasteiger partial charge in [-0.1, -0.05) is 59.6 Å². The zero-order chi connectivity index (χ0) is 33.0. The van der Waals surface area contributed by atoms with Crippen LogP contribution in [0.1, 0.15) is 66.3 Å². The van der Waals surface area contributed by atoms with E-state index in [-0.39, 0.29) is 54.9 Å². The summed E-state index contributed by atoms with van der Waals surface area (Å²) in [7, 11) is 0. The molecule has 0 spiro atoms. The highest BCUT2D eigenvalue weighted by Gasteiger charge is 2.51. The molecular weight excluding hydrogens is 685 g/mol. The molecule has 7 rings (SSSR count). The molecule has 0 radical (unpaired) electrons. The van der Waals surface area contributed by atoms with Crippen LogP contribution in [0.25, 0.3) is 0 Å². The molecule has 4 aliphatic heterocycles. The third kappa shape index (κ3) is 7.29. The summed E-state index contributed by atoms with van der Waals surface area (Å²) in [5.41, 5.74) is -1.15. The zero-order valence-corrected chi connectivity index (χ0v) is 27.8. The first-order chi connectivity index (χ1) is 21.6. The minimum absolute atomic E-state index is 0. The Morgan fingerprint density at radius 3 is 1.89 bits per heavy atom. The van der Waals surface area contributed by atoms with Crippen molar-refractivity contribution in [3.05, 3.63) is 105 Å². The van der Waals surface area contributed by atoms with Gasteiger partial charge in [0.1, 0.15) is 0 Å². The summed E-state index contributed by atoms with van der Waals surface area (Å²) in [5, 5.41) is 0.726. The van der Waals surface area contributed by atoms with Crippen LogP contribution in [0.2, 0.25) is 10.0 Å². The Bertz CT molecular complexity index is 1560. The standard InChI is InChI=1S/C35H35Cl2F6N2O.ClH/c36-29-7-6-26(21-30(29)37)33(13-17-45-14-10-32(11-15-45,12-16-45)25-4-2-1-3-5-25)9-8-31(46)44(23-33)22-24-18-27(34(38,39)40)20-28(19-24)35(41,42)43;/h1-7,18-21H,8-17,22-23H2;1H/q+1;/p-1. The van der Waals surface area contributed by atoms with Gasteiger partial charge in [0.15, 0.2) is 0 Å². The van der Waals surface area contributed by atoms with Crippen molar-refractivity contribution in [2.75, 3.05) is 32.7 Å². The predicted molar refractivity (Wildman–Crippen MR) is 166 cm³/mol. The largest absolute Gasteiger partial charge is 1.00 e. The first-order valence-electron chi connectivity index (χ1n) is 15.5. The van der Waals surface area contributed by atoms with Crippen molar-refractivity contribution in [2.45, 2.75) is 68.3 Å². The van der Waals surface area contributed by atoms with Gasteiger partial charge in [0, 0.05) is 56.0 Å². The van der Waals surface area contributed by atoms with E-state index in [9.17, 15) is 31.1 Å². The van der Waals surface area contributed by atoms with Gasteiger partial charge in [0.05, 0.1) is 47.4 Å². The molecule has 4 aliphatic rings. The number of alkyl halides is 6. The second-order valence-electron chi connectivity index (χ2n) is 13.5. The Morgan fingerprint density at radius 2 is 1.34 bits per heavy atom. The van der Waals surface area contributed by atoms with E-state index < -0.39 is 28.9 Å². The van der Waals surface area contributed by atoms with Gasteiger partial charge in [-0.15, -0.1) is 0 Å². The van der Waals surface area contributed by atoms with Gasteiger partial charge in [-0.25, -0.2) is 0 Å². The van der Waals surface area contributed by atoms with Crippen LogP contribution in [0.4, 0.5) is 26.3 Å². The number of carbonyl (C=O) groups is 1. The lowest BCUT2D eigenvalue weighted by Crippen LogP contribution is -3.00. The van der Waals surface area contributed by atoms with Gasteiger partial charge in [-0.05, 0) is 53.4 Å². The van der Waals surface area contributed by atoms with Crippen LogP contribution < -0.4 is 12.4 Å². The van der Waals surface area contributed by atoms with Gasteiger partial charge in [-0.2, -0.15) is 26.3 Å². The lowest BCUT2D eigenvalue weighted by molar-refractivity contribution is -0.944. The average Bonchev–Trinajstić information content (AvgIpc) is 3.03. The van der Waals surface area contributed by atoms with Gasteiger partial charge in [-0.3, -0.25) is 4.79 Å². The quantitative estimate of drug-likeness (QED) is 0.204. The number of quaternary nitrogens is 1. The first-order valence-corrected chi connectivity index (χ1v) is 16.3. The number of piperidine rings is 4. The maximum Gasteiger partial charge on any atom is 0.416 e. The van der Waals surface area contributed by atoms with Crippen molar-refractivity contribution in [2.24, 2.45) is 0 Å². The highest BCUT2D eigenvalue weighted by Crippen LogP contribution is 2.48. The van der Waals surface area contributed by atoms with Crippen LogP contribution in [0.5, 0.6) is 0 Å². The molecule has 3 aromatic carbocycles. The summed E-state index contributed by atoms with van der Waals surface area (Å²) in [5.74, 6) is -0.308. The SMILES string of the molecule is O=C1CCC(CC[N+]23CCC(c4ccccc4)(CC2)CC3)(c2ccc(Cl)c(Cl)c2)CN1Cc1cc(C(F)(F)F)cc(C(F)(F)F)c1.[Cl-]. The summed E-state index contributed by atoms with van der Waals surface area (Å²) in [4.78, 5) is 14.6. The van der Waals surface area contributed by atoms with Crippen LogP contribution in [0.3, 0.4) is 0 Å². The number of benzene rings is 3. The summed E-state index contributed by atoms with van der Waals surface area (Å²) >= 11 is 12.7. The second-order valence-corrected chi connectivity index (χ2v) is 14.3. The number of hydrogen-bond acceptors (Lipinski definition) is 1. The van der Waals surface area contributed by atoms with E-state index >= 15 is 0 Å². The molecular formula is C35H35Cl3F6N2O. The Balaban J connectivity index is 0.00000433. The van der Waals surface area contributed by atoms with E-state index in [1.165, 1.54) is 10.5 Å². The molecule has 3 nitrogen and oxygen atoms in total. The fraction of sp³-hybridized carbons (Fsp3) is 0.457. The van der Waals surface area contributed by atoms with Crippen molar-refractivity contribution in [3.8, 4) is 0 Å². The van der Waals surface area contributed by atoms with E-state index in [4.69, 9.17) is 23.2 Å². The van der Waals surface area contributed by atoms with E-state index in [0.29, 0.717) is 35.0 Å². The smallest absolute Gasteiger partial charge is 0.416 e. The number of likely N-dealkylation sites (tertiary alicyclic amines) is 1. The molecule has 2 bridgehead atoms. The predicted octanol–water partition coefficient (Wildman–Crippen LogP) is 6.44. The maximum absolute atomic E-state index is 13.6. The molecule has 3 aromatic rings. The fourth-order valence-electron chi connectivity index (χ4n) is 8.00. The zero-order valence-electron chi connectivity index (χ0n) is 25.5. The molecule has 1 atom stereocenters. The topological polar surface area (TPSA) is 20.3 Å². The summed E-state index contributed by atoms with van der Waals surface area (Å²) < 4.78 is 82.6. The van der Waals surface area contributed by atoms with Crippen LogP contribution in [-0.2, 0) is 34.5 Å². The molecule has 0 N–H and O–H groups in total. The number of rotatable bonds is 7. The number of amides is 1. The number of nitrogens with zero attached hydrogens (tertiary/aromatic N) is 2. The Kier molecular flexibility index (Phi) is 9.99. The van der Waals surface area contributed by atoms with Crippen LogP contribution >= 0.6 is 23.2 Å². The molecule has 0 saturated carbocycles. The summed E-state index contributed by atoms with van der Waals surface area (Å²) in [6.07, 6.45) is -5.41. The lowest BCUT2D eigenvalue weighted by atomic mass is 9.65. The van der Waals surface area contributed by atoms with Crippen molar-refractivity contribution >= 4 is 29.1 Å². The van der Waals surface area contributed by atoms with Gasteiger partial charge < -0.3 is 21.8 Å². The molecule has 0 aliphatic carbocycles. The van der Waals surface area contributed by atoms with Crippen LogP contribution in [-0.4, -0.2) is 48.0 Å². The van der Waals surface area contributed by atoms with E-state index in [0.717, 1.165) is 55.5 Å². The normalized spacial score (nSPS) is 26.3. The van der Waals surface area contributed by atoms with Gasteiger partial charge in [0.2, 0.25) is 5.91 Å². The first kappa shape index (κ1) is 35.8. The molecule has 12 heteroatoms. The van der Waals surface area contributed by atoms with E-state index in [1.54, 1.807) is 12.1 Å². The van der Waals surface area contributed by atoms with Crippen molar-refractivity contribution in [1.29, 1.82) is 0 Å². The Labute approximate surface area is 286 Å². The number of halogens is 9. The van der Waals surface area contributed by atoms with Gasteiger partial charge in [0.25, 0.3) is 0 Å². The molecule has 254 valence electrons. The van der Waals surface area contributed by atoms with Gasteiger partial charge >= 0.3 is 12.4 Å². The van der Waals surface area contributed by atoms with E-state index in [1.807, 2.05) is 12.1 Å². The molecule has 0 aromatic heterocycles. The van der Waals surface area contributed by atoms with E-state index in [2.05, 4.69) is 24.3 Å². The Hall–Kier alpha value is -2.46. The fourth-order valence-corrected chi connectivity index (χ4v) is 8.30. The number of carbonyl (C=O) groups excluding carboxylic acids is 1. The second kappa shape index (κ2) is 13.1. The minimum atomic E-state index is -4.97. The minimum Gasteiger partial charge on any atom is -1.00 e. The number of fused-ring (bicyclic) bond motifs is 3. The maximum atomic E-state index is 13.6. The summed E-state index contributed by atoms with van der Waals surface area (Å²) in [6, 6.07) is 17.6. The highest BCUT2D eigenvalue weighted by molar-refractivity contribution is 6.42. The molecule has 47 heavy (non-hydrogen) atoms. The third-order valence-corrected chi connectivity index (χ3v) is 11.6. The molecule has 1 unspecified atom stereocenters. The molecule has 4 heterocycles. The van der Waals surface area contributed by atoms with Crippen LogP contribution in [0.15, 0.2) is 66.7 Å². The van der Waals surface area contributed by atoms with Crippen molar-refractivity contribution in [1.82, 2.24) is 4.90 Å². The number of hydrogen-bond donors (Lipinski definition) is 0. The highest BCUT2D eigenvalue weighted by atomic mass is 35.5.